The average molecular weight is 372 g/mol. The van der Waals surface area contributed by atoms with Gasteiger partial charge < -0.3 is 15.1 Å². The number of hydrogen-bond acceptors (Lipinski definition) is 3. The maximum atomic E-state index is 12.4. The quantitative estimate of drug-likeness (QED) is 0.836. The Morgan fingerprint density at radius 2 is 1.67 bits per heavy atom. The number of rotatable bonds is 6. The monoisotopic (exact) mass is 371 g/mol. The third kappa shape index (κ3) is 5.55. The van der Waals surface area contributed by atoms with Crippen molar-refractivity contribution >= 4 is 11.8 Å². The lowest BCUT2D eigenvalue weighted by Crippen LogP contribution is -2.50. The number of carbonyl (C=O) groups excluding carboxylic acids is 2. The summed E-state index contributed by atoms with van der Waals surface area (Å²) in [6.07, 6.45) is 5.53. The van der Waals surface area contributed by atoms with Gasteiger partial charge in [0, 0.05) is 38.0 Å². The maximum Gasteiger partial charge on any atom is 0.223 e. The molecule has 27 heavy (non-hydrogen) atoms. The molecule has 148 valence electrons. The molecule has 0 atom stereocenters. The standard InChI is InChI=1S/C22H33N3O2/c1-2-21(26)25-16-11-20(12-17-25)24-14-9-19(10-15-24)22(27)23-13-8-18-6-4-3-5-7-18/h3-7,19-20H,2,8-17H2,1H3,(H,23,27). The third-order valence-electron chi connectivity index (χ3n) is 6.09. The largest absolute Gasteiger partial charge is 0.356 e. The molecule has 0 aliphatic carbocycles. The molecule has 5 heteroatoms. The van der Waals surface area contributed by atoms with Gasteiger partial charge in [-0.1, -0.05) is 37.3 Å². The molecule has 1 aromatic rings. The summed E-state index contributed by atoms with van der Waals surface area (Å²) in [5, 5.41) is 3.12. The molecule has 1 N–H and O–H groups in total. The third-order valence-corrected chi connectivity index (χ3v) is 6.09. The molecule has 2 fully saturated rings. The molecule has 0 unspecified atom stereocenters. The molecule has 2 aliphatic rings. The molecule has 0 saturated carbocycles. The van der Waals surface area contributed by atoms with Crippen LogP contribution in [-0.2, 0) is 16.0 Å². The van der Waals surface area contributed by atoms with E-state index in [1.54, 1.807) is 0 Å². The molecule has 5 nitrogen and oxygen atoms in total. The molecule has 2 amide bonds. The van der Waals surface area contributed by atoms with E-state index in [4.69, 9.17) is 0 Å². The van der Waals surface area contributed by atoms with Gasteiger partial charge in [-0.25, -0.2) is 0 Å². The number of piperidine rings is 2. The average Bonchev–Trinajstić information content (AvgIpc) is 2.74. The van der Waals surface area contributed by atoms with Crippen LogP contribution in [0.4, 0.5) is 0 Å². The fourth-order valence-electron chi connectivity index (χ4n) is 4.35. The number of nitrogens with one attached hydrogen (secondary N) is 1. The zero-order valence-corrected chi connectivity index (χ0v) is 16.5. The number of hydrogen-bond donors (Lipinski definition) is 1. The van der Waals surface area contributed by atoms with E-state index in [2.05, 4.69) is 22.3 Å². The Hall–Kier alpha value is -1.88. The molecule has 2 aliphatic heterocycles. The normalized spacial score (nSPS) is 19.8. The number of nitrogens with zero attached hydrogens (tertiary/aromatic N) is 2. The summed E-state index contributed by atoms with van der Waals surface area (Å²) >= 11 is 0. The summed E-state index contributed by atoms with van der Waals surface area (Å²) in [7, 11) is 0. The van der Waals surface area contributed by atoms with Crippen LogP contribution in [0.2, 0.25) is 0 Å². The van der Waals surface area contributed by atoms with Crippen LogP contribution in [0.3, 0.4) is 0 Å². The first-order valence-electron chi connectivity index (χ1n) is 10.5. The highest BCUT2D eigenvalue weighted by Crippen LogP contribution is 2.24. The Labute approximate surface area is 163 Å². The first-order chi connectivity index (χ1) is 13.2. The van der Waals surface area contributed by atoms with Crippen molar-refractivity contribution in [3.63, 3.8) is 0 Å². The first kappa shape index (κ1) is 19.9. The fraction of sp³-hybridized carbons (Fsp3) is 0.636. The zero-order chi connectivity index (χ0) is 19.1. The summed E-state index contributed by atoms with van der Waals surface area (Å²) < 4.78 is 0. The zero-order valence-electron chi connectivity index (χ0n) is 16.5. The molecule has 2 heterocycles. The van der Waals surface area contributed by atoms with Crippen LogP contribution in [0.5, 0.6) is 0 Å². The molecule has 2 saturated heterocycles. The van der Waals surface area contributed by atoms with Crippen molar-refractivity contribution in [3.8, 4) is 0 Å². The van der Waals surface area contributed by atoms with E-state index < -0.39 is 0 Å². The van der Waals surface area contributed by atoms with E-state index in [0.29, 0.717) is 19.0 Å². The summed E-state index contributed by atoms with van der Waals surface area (Å²) in [4.78, 5) is 28.8. The Kier molecular flexibility index (Phi) is 7.27. The Balaban J connectivity index is 1.35. The minimum absolute atomic E-state index is 0.152. The van der Waals surface area contributed by atoms with Crippen molar-refractivity contribution in [3.05, 3.63) is 35.9 Å². The smallest absolute Gasteiger partial charge is 0.223 e. The Morgan fingerprint density at radius 3 is 2.30 bits per heavy atom. The van der Waals surface area contributed by atoms with Gasteiger partial charge in [0.1, 0.15) is 0 Å². The van der Waals surface area contributed by atoms with Crippen molar-refractivity contribution in [1.29, 1.82) is 0 Å². The van der Waals surface area contributed by atoms with Crippen LogP contribution in [-0.4, -0.2) is 60.4 Å². The van der Waals surface area contributed by atoms with Gasteiger partial charge in [0.25, 0.3) is 0 Å². The highest BCUT2D eigenvalue weighted by Gasteiger charge is 2.31. The summed E-state index contributed by atoms with van der Waals surface area (Å²) in [5.41, 5.74) is 1.26. The van der Waals surface area contributed by atoms with E-state index in [-0.39, 0.29) is 17.7 Å². The number of amides is 2. The van der Waals surface area contributed by atoms with Crippen LogP contribution in [0.25, 0.3) is 0 Å². The van der Waals surface area contributed by atoms with Crippen LogP contribution >= 0.6 is 0 Å². The lowest BCUT2D eigenvalue weighted by molar-refractivity contribution is -0.133. The number of carbonyl (C=O) groups is 2. The Bertz CT molecular complexity index is 603. The van der Waals surface area contributed by atoms with E-state index in [1.165, 1.54) is 5.56 Å². The minimum Gasteiger partial charge on any atom is -0.356 e. The van der Waals surface area contributed by atoms with E-state index >= 15 is 0 Å². The summed E-state index contributed by atoms with van der Waals surface area (Å²) in [6, 6.07) is 10.9. The van der Waals surface area contributed by atoms with Gasteiger partial charge >= 0.3 is 0 Å². The molecule has 0 aromatic heterocycles. The second kappa shape index (κ2) is 9.88. The molecule has 0 spiro atoms. The maximum absolute atomic E-state index is 12.4. The van der Waals surface area contributed by atoms with E-state index in [0.717, 1.165) is 58.3 Å². The molecule has 0 bridgehead atoms. The van der Waals surface area contributed by atoms with Gasteiger partial charge in [0.15, 0.2) is 0 Å². The van der Waals surface area contributed by atoms with Crippen molar-refractivity contribution in [2.24, 2.45) is 5.92 Å². The lowest BCUT2D eigenvalue weighted by Gasteiger charge is -2.41. The van der Waals surface area contributed by atoms with E-state index in [9.17, 15) is 9.59 Å². The van der Waals surface area contributed by atoms with E-state index in [1.807, 2.05) is 30.0 Å². The second-order valence-electron chi connectivity index (χ2n) is 7.80. The predicted molar refractivity (Wildman–Crippen MR) is 107 cm³/mol. The van der Waals surface area contributed by atoms with Crippen LogP contribution in [0.1, 0.15) is 44.6 Å². The van der Waals surface area contributed by atoms with Gasteiger partial charge in [-0.2, -0.15) is 0 Å². The lowest BCUT2D eigenvalue weighted by atomic mass is 9.92. The van der Waals surface area contributed by atoms with Crippen molar-refractivity contribution in [2.75, 3.05) is 32.7 Å². The van der Waals surface area contributed by atoms with Crippen molar-refractivity contribution < 1.29 is 9.59 Å². The number of likely N-dealkylation sites (tertiary alicyclic amines) is 2. The van der Waals surface area contributed by atoms with Gasteiger partial charge in [-0.3, -0.25) is 9.59 Å². The topological polar surface area (TPSA) is 52.7 Å². The van der Waals surface area contributed by atoms with Crippen LogP contribution < -0.4 is 5.32 Å². The molecule has 1 aromatic carbocycles. The summed E-state index contributed by atoms with van der Waals surface area (Å²) in [5.74, 6) is 0.645. The van der Waals surface area contributed by atoms with Crippen molar-refractivity contribution in [1.82, 2.24) is 15.1 Å². The summed E-state index contributed by atoms with van der Waals surface area (Å²) in [6.45, 7) is 6.43. The van der Waals surface area contributed by atoms with Gasteiger partial charge in [0.2, 0.25) is 11.8 Å². The van der Waals surface area contributed by atoms with Crippen LogP contribution in [0, 0.1) is 5.92 Å². The minimum atomic E-state index is 0.152. The SMILES string of the molecule is CCC(=O)N1CCC(N2CCC(C(=O)NCCc3ccccc3)CC2)CC1. The van der Waals surface area contributed by atoms with Crippen molar-refractivity contribution in [2.45, 2.75) is 51.5 Å². The van der Waals surface area contributed by atoms with Gasteiger partial charge in [0.05, 0.1) is 0 Å². The fourth-order valence-corrected chi connectivity index (χ4v) is 4.35. The van der Waals surface area contributed by atoms with Gasteiger partial charge in [-0.15, -0.1) is 0 Å². The van der Waals surface area contributed by atoms with Gasteiger partial charge in [-0.05, 0) is 50.8 Å². The highest BCUT2D eigenvalue weighted by atomic mass is 16.2. The highest BCUT2D eigenvalue weighted by molar-refractivity contribution is 5.78. The molecular formula is C22H33N3O2. The predicted octanol–water partition coefficient (Wildman–Crippen LogP) is 2.46. The Morgan fingerprint density at radius 1 is 1.00 bits per heavy atom. The number of benzene rings is 1. The molecular weight excluding hydrogens is 338 g/mol. The molecule has 3 rings (SSSR count). The van der Waals surface area contributed by atoms with Crippen LogP contribution in [0.15, 0.2) is 30.3 Å². The molecule has 0 radical (unpaired) electrons. The second-order valence-corrected chi connectivity index (χ2v) is 7.80. The first-order valence-corrected chi connectivity index (χ1v) is 10.5.